The quantitative estimate of drug-likeness (QED) is 0.461. The number of aromatic amines is 1. The Kier molecular flexibility index (Phi) is 5.58. The molecule has 0 aliphatic heterocycles. The predicted molar refractivity (Wildman–Crippen MR) is 110 cm³/mol. The molecule has 0 atom stereocenters. The van der Waals surface area contributed by atoms with Crippen LogP contribution in [0.15, 0.2) is 36.5 Å². The summed E-state index contributed by atoms with van der Waals surface area (Å²) in [6, 6.07) is 9.24. The van der Waals surface area contributed by atoms with Crippen LogP contribution >= 0.6 is 23.2 Å². The van der Waals surface area contributed by atoms with Crippen LogP contribution in [-0.2, 0) is 5.41 Å². The lowest BCUT2D eigenvalue weighted by molar-refractivity contribution is 0.440. The van der Waals surface area contributed by atoms with Crippen molar-refractivity contribution in [2.24, 2.45) is 0 Å². The third-order valence-electron chi connectivity index (χ3n) is 3.99. The van der Waals surface area contributed by atoms with E-state index in [0.717, 1.165) is 16.6 Å². The van der Waals surface area contributed by atoms with E-state index in [9.17, 15) is 5.11 Å². The largest absolute Gasteiger partial charge is 0.505 e. The molecule has 0 fully saturated rings. The molecule has 146 valence electrons. The topological polar surface area (TPSA) is 92.5 Å². The number of aryl methyl sites for hydroxylation is 1. The maximum absolute atomic E-state index is 10.7. The number of aromatic hydroxyl groups is 1. The lowest BCUT2D eigenvalue weighted by atomic mass is 9.85. The first-order chi connectivity index (χ1) is 13.1. The summed E-state index contributed by atoms with van der Waals surface area (Å²) >= 11 is 11.2. The summed E-state index contributed by atoms with van der Waals surface area (Å²) in [6.07, 6.45) is 1.43. The zero-order chi connectivity index (χ0) is 20.5. The zero-order valence-corrected chi connectivity index (χ0v) is 17.4. The standard InChI is InChI=1S/C17H18ClN3O.C2H2ClN3/c1-10-7-12(17(2,3)4)16(22)15(8-10)21-19-13-6-5-11(18)9-14(13)20-21;3-2-1-4-6-5-2/h5-9,22H,1-4H3;1H,(H,4,5,6). The second-order valence-corrected chi connectivity index (χ2v) is 8.17. The molecule has 2 N–H and O–H groups in total. The minimum absolute atomic E-state index is 0.166. The predicted octanol–water partition coefficient (Wildman–Crippen LogP) is 4.84. The average molecular weight is 419 g/mol. The first kappa shape index (κ1) is 20.1. The van der Waals surface area contributed by atoms with Crippen LogP contribution in [0, 0.1) is 6.92 Å². The van der Waals surface area contributed by atoms with Crippen molar-refractivity contribution in [1.29, 1.82) is 0 Å². The number of hydrogen-bond acceptors (Lipinski definition) is 5. The molecule has 0 saturated carbocycles. The van der Waals surface area contributed by atoms with E-state index in [4.69, 9.17) is 23.2 Å². The van der Waals surface area contributed by atoms with Gasteiger partial charge < -0.3 is 5.11 Å². The molecule has 0 radical (unpaired) electrons. The summed E-state index contributed by atoms with van der Waals surface area (Å²) in [5, 5.41) is 29.7. The van der Waals surface area contributed by atoms with Crippen LogP contribution in [-0.4, -0.2) is 35.5 Å². The molecule has 9 heteroatoms. The number of rotatable bonds is 1. The molecule has 2 heterocycles. The highest BCUT2D eigenvalue weighted by molar-refractivity contribution is 6.31. The number of nitrogens with one attached hydrogen (secondary N) is 1. The molecular formula is C19H20Cl2N6O. The van der Waals surface area contributed by atoms with Gasteiger partial charge in [0.1, 0.15) is 22.5 Å². The van der Waals surface area contributed by atoms with Crippen molar-refractivity contribution in [3.05, 3.63) is 57.8 Å². The van der Waals surface area contributed by atoms with Crippen molar-refractivity contribution in [2.45, 2.75) is 33.1 Å². The molecule has 0 saturated heterocycles. The molecule has 7 nitrogen and oxygen atoms in total. The number of phenols is 1. The van der Waals surface area contributed by atoms with Crippen molar-refractivity contribution in [1.82, 2.24) is 30.4 Å². The Labute approximate surface area is 172 Å². The van der Waals surface area contributed by atoms with E-state index in [1.165, 1.54) is 11.0 Å². The Morgan fingerprint density at radius 1 is 1.04 bits per heavy atom. The third kappa shape index (κ3) is 4.43. The molecule has 0 aliphatic rings. The van der Waals surface area contributed by atoms with E-state index in [1.807, 2.05) is 25.1 Å². The van der Waals surface area contributed by atoms with E-state index in [-0.39, 0.29) is 11.2 Å². The second kappa shape index (κ2) is 7.77. The minimum atomic E-state index is -0.166. The van der Waals surface area contributed by atoms with E-state index in [2.05, 4.69) is 46.4 Å². The first-order valence-electron chi connectivity index (χ1n) is 8.53. The van der Waals surface area contributed by atoms with Crippen LogP contribution in [0.3, 0.4) is 0 Å². The molecule has 28 heavy (non-hydrogen) atoms. The van der Waals surface area contributed by atoms with E-state index in [1.54, 1.807) is 12.1 Å². The highest BCUT2D eigenvalue weighted by atomic mass is 35.5. The third-order valence-corrected chi connectivity index (χ3v) is 4.40. The van der Waals surface area contributed by atoms with Gasteiger partial charge in [-0.2, -0.15) is 10.3 Å². The van der Waals surface area contributed by atoms with Crippen LogP contribution in [0.4, 0.5) is 0 Å². The number of hydrogen-bond donors (Lipinski definition) is 2. The summed E-state index contributed by atoms with van der Waals surface area (Å²) in [6.45, 7) is 8.20. The maximum Gasteiger partial charge on any atom is 0.171 e. The van der Waals surface area contributed by atoms with Crippen LogP contribution in [0.1, 0.15) is 31.9 Å². The fraction of sp³-hybridized carbons (Fsp3) is 0.263. The Hall–Kier alpha value is -2.64. The molecular weight excluding hydrogens is 399 g/mol. The molecule has 2 aromatic carbocycles. The highest BCUT2D eigenvalue weighted by Crippen LogP contribution is 2.36. The number of nitrogens with zero attached hydrogens (tertiary/aromatic N) is 5. The van der Waals surface area contributed by atoms with Gasteiger partial charge in [-0.15, -0.1) is 20.1 Å². The fourth-order valence-electron chi connectivity index (χ4n) is 2.67. The minimum Gasteiger partial charge on any atom is -0.505 e. The van der Waals surface area contributed by atoms with Crippen molar-refractivity contribution in [2.75, 3.05) is 0 Å². The monoisotopic (exact) mass is 418 g/mol. The van der Waals surface area contributed by atoms with Crippen LogP contribution in [0.25, 0.3) is 16.7 Å². The van der Waals surface area contributed by atoms with Crippen LogP contribution in [0.2, 0.25) is 10.2 Å². The van der Waals surface area contributed by atoms with Gasteiger partial charge in [-0.05, 0) is 42.2 Å². The Morgan fingerprint density at radius 2 is 1.75 bits per heavy atom. The number of halogens is 2. The van der Waals surface area contributed by atoms with Crippen LogP contribution < -0.4 is 0 Å². The summed E-state index contributed by atoms with van der Waals surface area (Å²) in [4.78, 5) is 1.47. The van der Waals surface area contributed by atoms with Crippen molar-refractivity contribution < 1.29 is 5.11 Å². The van der Waals surface area contributed by atoms with Crippen LogP contribution in [0.5, 0.6) is 5.75 Å². The smallest absolute Gasteiger partial charge is 0.171 e. The number of H-pyrrole nitrogens is 1. The Morgan fingerprint density at radius 3 is 2.32 bits per heavy atom. The number of fused-ring (bicyclic) bond motifs is 1. The molecule has 0 spiro atoms. The van der Waals surface area contributed by atoms with Gasteiger partial charge >= 0.3 is 0 Å². The molecule has 0 aliphatic carbocycles. The van der Waals surface area contributed by atoms with Gasteiger partial charge in [-0.25, -0.2) is 0 Å². The van der Waals surface area contributed by atoms with E-state index < -0.39 is 0 Å². The highest BCUT2D eigenvalue weighted by Gasteiger charge is 2.22. The number of phenolic OH excluding ortho intramolecular Hbond substituents is 1. The molecule has 0 bridgehead atoms. The van der Waals surface area contributed by atoms with Crippen molar-refractivity contribution >= 4 is 34.2 Å². The summed E-state index contributed by atoms with van der Waals surface area (Å²) in [5.74, 6) is 0.213. The van der Waals surface area contributed by atoms with Gasteiger partial charge in [-0.1, -0.05) is 50.0 Å². The van der Waals surface area contributed by atoms with E-state index in [0.29, 0.717) is 21.4 Å². The number of benzene rings is 2. The molecule has 4 rings (SSSR count). The summed E-state index contributed by atoms with van der Waals surface area (Å²) in [5.41, 5.74) is 3.78. The van der Waals surface area contributed by atoms with Crippen molar-refractivity contribution in [3.63, 3.8) is 0 Å². The summed E-state index contributed by atoms with van der Waals surface area (Å²) in [7, 11) is 0. The van der Waals surface area contributed by atoms with Gasteiger partial charge in [0.05, 0.1) is 6.20 Å². The molecule has 4 aromatic rings. The van der Waals surface area contributed by atoms with Gasteiger partial charge in [0, 0.05) is 10.6 Å². The molecule has 0 unspecified atom stereocenters. The maximum atomic E-state index is 10.7. The first-order valence-corrected chi connectivity index (χ1v) is 9.29. The molecule has 0 amide bonds. The van der Waals surface area contributed by atoms with Gasteiger partial charge in [-0.3, -0.25) is 0 Å². The fourth-order valence-corrected chi connectivity index (χ4v) is 2.92. The van der Waals surface area contributed by atoms with E-state index >= 15 is 0 Å². The lowest BCUT2D eigenvalue weighted by Gasteiger charge is -2.22. The van der Waals surface area contributed by atoms with Gasteiger partial charge in [0.15, 0.2) is 5.15 Å². The Bertz CT molecular complexity index is 1100. The number of aromatic nitrogens is 6. The summed E-state index contributed by atoms with van der Waals surface area (Å²) < 4.78 is 0. The zero-order valence-electron chi connectivity index (χ0n) is 15.9. The van der Waals surface area contributed by atoms with Gasteiger partial charge in [0.2, 0.25) is 0 Å². The van der Waals surface area contributed by atoms with Gasteiger partial charge in [0.25, 0.3) is 0 Å². The normalized spacial score (nSPS) is 11.4. The Balaban J connectivity index is 0.000000320. The SMILES string of the molecule is Cc1cc(-n2nc3ccc(Cl)cc3n2)c(O)c(C(C)(C)C)c1.Clc1cn[nH]n1. The van der Waals surface area contributed by atoms with Crippen molar-refractivity contribution in [3.8, 4) is 11.4 Å². The molecule has 2 aromatic heterocycles. The average Bonchev–Trinajstić information content (AvgIpc) is 3.24. The lowest BCUT2D eigenvalue weighted by Crippen LogP contribution is -2.13. The second-order valence-electron chi connectivity index (χ2n) is 7.35.